The third-order valence-electron chi connectivity index (χ3n) is 3.70. The highest BCUT2D eigenvalue weighted by molar-refractivity contribution is 6.39. The van der Waals surface area contributed by atoms with E-state index in [1.165, 1.54) is 18.2 Å². The Bertz CT molecular complexity index is 973. The van der Waals surface area contributed by atoms with E-state index in [1.807, 2.05) is 0 Å². The highest BCUT2D eigenvalue weighted by Crippen LogP contribution is 2.24. The Morgan fingerprint density at radius 1 is 1.07 bits per heavy atom. The number of terminal acetylenes is 1. The van der Waals surface area contributed by atoms with Crippen LogP contribution in [0.15, 0.2) is 54.1 Å². The van der Waals surface area contributed by atoms with E-state index in [-0.39, 0.29) is 12.2 Å². The molecule has 0 saturated carbocycles. The van der Waals surface area contributed by atoms with Crippen LogP contribution in [0.25, 0.3) is 6.08 Å². The van der Waals surface area contributed by atoms with Crippen molar-refractivity contribution in [3.05, 3.63) is 64.7 Å². The molecule has 1 aliphatic heterocycles. The molecule has 6 nitrogen and oxygen atoms in total. The molecule has 0 aromatic heterocycles. The Balaban J connectivity index is 1.89. The maximum absolute atomic E-state index is 12.7. The van der Waals surface area contributed by atoms with E-state index in [0.29, 0.717) is 22.0 Å². The highest BCUT2D eigenvalue weighted by atomic mass is 35.5. The van der Waals surface area contributed by atoms with Gasteiger partial charge in [0.2, 0.25) is 0 Å². The van der Waals surface area contributed by atoms with Crippen molar-refractivity contribution in [2.75, 3.05) is 11.5 Å². The van der Waals surface area contributed by atoms with Crippen molar-refractivity contribution in [1.82, 2.24) is 5.32 Å². The lowest BCUT2D eigenvalue weighted by Crippen LogP contribution is -2.54. The summed E-state index contributed by atoms with van der Waals surface area (Å²) in [4.78, 5) is 37.9. The molecule has 0 bridgehead atoms. The van der Waals surface area contributed by atoms with Crippen LogP contribution in [-0.2, 0) is 9.59 Å². The molecule has 0 spiro atoms. The Kier molecular flexibility index (Phi) is 5.25. The Hall–Kier alpha value is -3.56. The van der Waals surface area contributed by atoms with E-state index in [1.54, 1.807) is 36.4 Å². The summed E-state index contributed by atoms with van der Waals surface area (Å²) in [5.74, 6) is 1.44. The molecule has 0 aliphatic carbocycles. The number of ether oxygens (including phenoxy) is 1. The normalized spacial score (nSPS) is 15.5. The molecule has 2 aromatic rings. The number of anilines is 1. The minimum atomic E-state index is -0.817. The van der Waals surface area contributed by atoms with Crippen molar-refractivity contribution in [2.45, 2.75) is 0 Å². The van der Waals surface area contributed by atoms with Crippen molar-refractivity contribution in [2.24, 2.45) is 0 Å². The van der Waals surface area contributed by atoms with Crippen LogP contribution in [0.5, 0.6) is 5.75 Å². The van der Waals surface area contributed by atoms with Crippen LogP contribution in [0.2, 0.25) is 5.02 Å². The molecule has 3 rings (SSSR count). The van der Waals surface area contributed by atoms with Crippen molar-refractivity contribution < 1.29 is 19.1 Å². The van der Waals surface area contributed by atoms with Gasteiger partial charge >= 0.3 is 6.03 Å². The largest absolute Gasteiger partial charge is 0.481 e. The molecular formula is C20H13ClN2O4. The zero-order valence-corrected chi connectivity index (χ0v) is 14.7. The number of rotatable bonds is 4. The number of barbiturate groups is 1. The first kappa shape index (κ1) is 18.2. The van der Waals surface area contributed by atoms with Gasteiger partial charge in [-0.2, -0.15) is 0 Å². The number of carbonyl (C=O) groups excluding carboxylic acids is 3. The zero-order chi connectivity index (χ0) is 19.4. The summed E-state index contributed by atoms with van der Waals surface area (Å²) in [6.07, 6.45) is 6.54. The highest BCUT2D eigenvalue weighted by Gasteiger charge is 2.36. The molecular weight excluding hydrogens is 368 g/mol. The Morgan fingerprint density at radius 2 is 1.74 bits per heavy atom. The average Bonchev–Trinajstić information content (AvgIpc) is 2.66. The number of urea groups is 1. The fourth-order valence-electron chi connectivity index (χ4n) is 2.43. The lowest BCUT2D eigenvalue weighted by molar-refractivity contribution is -0.122. The van der Waals surface area contributed by atoms with E-state index >= 15 is 0 Å². The van der Waals surface area contributed by atoms with Crippen LogP contribution < -0.4 is 15.0 Å². The summed E-state index contributed by atoms with van der Waals surface area (Å²) in [5.41, 5.74) is 0.729. The van der Waals surface area contributed by atoms with Crippen LogP contribution in [0, 0.1) is 12.3 Å². The zero-order valence-electron chi connectivity index (χ0n) is 13.9. The van der Waals surface area contributed by atoms with Crippen LogP contribution in [-0.4, -0.2) is 24.5 Å². The lowest BCUT2D eigenvalue weighted by atomic mass is 10.1. The number of hydrogen-bond acceptors (Lipinski definition) is 4. The summed E-state index contributed by atoms with van der Waals surface area (Å²) in [7, 11) is 0. The van der Waals surface area contributed by atoms with Crippen molar-refractivity contribution in [3.63, 3.8) is 0 Å². The number of hydrogen-bond donors (Lipinski definition) is 1. The van der Waals surface area contributed by atoms with Crippen LogP contribution in [0.1, 0.15) is 5.56 Å². The molecule has 1 N–H and O–H groups in total. The molecule has 1 heterocycles. The van der Waals surface area contributed by atoms with Gasteiger partial charge < -0.3 is 4.74 Å². The standard InChI is InChI=1S/C20H13ClN2O4/c1-2-11-27-16-9-3-13(4-10-16)12-17-18(24)22-20(26)23(19(17)25)15-7-5-14(21)6-8-15/h1,3-10,12H,11H2,(H,22,24,26). The van der Waals surface area contributed by atoms with Crippen molar-refractivity contribution in [1.29, 1.82) is 0 Å². The fraction of sp³-hybridized carbons (Fsp3) is 0.0500. The maximum atomic E-state index is 12.7. The number of benzene rings is 2. The number of amides is 4. The predicted octanol–water partition coefficient (Wildman–Crippen LogP) is 3.02. The number of halogens is 1. The average molecular weight is 381 g/mol. The van der Waals surface area contributed by atoms with Gasteiger partial charge in [-0.05, 0) is 48.0 Å². The summed E-state index contributed by atoms with van der Waals surface area (Å²) in [5, 5.41) is 2.62. The maximum Gasteiger partial charge on any atom is 0.335 e. The minimum Gasteiger partial charge on any atom is -0.481 e. The van der Waals surface area contributed by atoms with Gasteiger partial charge in [0.15, 0.2) is 0 Å². The fourth-order valence-corrected chi connectivity index (χ4v) is 2.56. The van der Waals surface area contributed by atoms with E-state index in [2.05, 4.69) is 11.2 Å². The van der Waals surface area contributed by atoms with Crippen molar-refractivity contribution >= 4 is 41.2 Å². The third kappa shape index (κ3) is 4.00. The van der Waals surface area contributed by atoms with E-state index in [4.69, 9.17) is 22.8 Å². The second kappa shape index (κ2) is 7.77. The van der Waals surface area contributed by atoms with Crippen molar-refractivity contribution in [3.8, 4) is 18.1 Å². The molecule has 2 aromatic carbocycles. The number of imide groups is 2. The van der Waals surface area contributed by atoms with Gasteiger partial charge in [0.25, 0.3) is 11.8 Å². The van der Waals surface area contributed by atoms with Gasteiger partial charge in [-0.1, -0.05) is 29.7 Å². The molecule has 1 fully saturated rings. The summed E-state index contributed by atoms with van der Waals surface area (Å²) in [6, 6.07) is 12.0. The summed E-state index contributed by atoms with van der Waals surface area (Å²) in [6.45, 7) is 0.138. The summed E-state index contributed by atoms with van der Waals surface area (Å²) >= 11 is 5.84. The molecule has 1 aliphatic rings. The van der Waals surface area contributed by atoms with Crippen LogP contribution >= 0.6 is 11.6 Å². The molecule has 134 valence electrons. The molecule has 7 heteroatoms. The molecule has 0 radical (unpaired) electrons. The topological polar surface area (TPSA) is 75.7 Å². The SMILES string of the molecule is C#CCOc1ccc(C=C2C(=O)NC(=O)N(c3ccc(Cl)cc3)C2=O)cc1. The minimum absolute atomic E-state index is 0.138. The summed E-state index contributed by atoms with van der Waals surface area (Å²) < 4.78 is 5.27. The lowest BCUT2D eigenvalue weighted by Gasteiger charge is -2.26. The van der Waals surface area contributed by atoms with Crippen LogP contribution in [0.3, 0.4) is 0 Å². The van der Waals surface area contributed by atoms with Gasteiger partial charge in [0.1, 0.15) is 17.9 Å². The first-order valence-electron chi connectivity index (χ1n) is 7.83. The second-order valence-corrected chi connectivity index (χ2v) is 5.93. The van der Waals surface area contributed by atoms with Gasteiger partial charge in [-0.15, -0.1) is 6.42 Å². The van der Waals surface area contributed by atoms with E-state index in [9.17, 15) is 14.4 Å². The Morgan fingerprint density at radius 3 is 2.37 bits per heavy atom. The van der Waals surface area contributed by atoms with Gasteiger partial charge in [-0.25, -0.2) is 9.69 Å². The molecule has 4 amide bonds. The van der Waals surface area contributed by atoms with Gasteiger partial charge in [0.05, 0.1) is 5.69 Å². The molecule has 1 saturated heterocycles. The van der Waals surface area contributed by atoms with Crippen LogP contribution in [0.4, 0.5) is 10.5 Å². The molecule has 27 heavy (non-hydrogen) atoms. The second-order valence-electron chi connectivity index (χ2n) is 5.50. The Labute approximate surface area is 160 Å². The van der Waals surface area contributed by atoms with E-state index < -0.39 is 17.8 Å². The molecule has 0 atom stereocenters. The first-order valence-corrected chi connectivity index (χ1v) is 8.21. The monoisotopic (exact) mass is 380 g/mol. The number of nitrogens with zero attached hydrogens (tertiary/aromatic N) is 1. The predicted molar refractivity (Wildman–Crippen MR) is 101 cm³/mol. The third-order valence-corrected chi connectivity index (χ3v) is 3.95. The number of carbonyl (C=O) groups is 3. The first-order chi connectivity index (χ1) is 13.0. The van der Waals surface area contributed by atoms with Gasteiger partial charge in [0, 0.05) is 5.02 Å². The number of nitrogens with one attached hydrogen (secondary N) is 1. The quantitative estimate of drug-likeness (QED) is 0.502. The van der Waals surface area contributed by atoms with Gasteiger partial charge in [-0.3, -0.25) is 14.9 Å². The smallest absolute Gasteiger partial charge is 0.335 e. The van der Waals surface area contributed by atoms with E-state index in [0.717, 1.165) is 4.90 Å². The molecule has 0 unspecified atom stereocenters.